The summed E-state index contributed by atoms with van der Waals surface area (Å²) >= 11 is 0. The van der Waals surface area contributed by atoms with Crippen molar-refractivity contribution in [2.24, 2.45) is 0 Å². The van der Waals surface area contributed by atoms with Crippen LogP contribution in [0.5, 0.6) is 0 Å². The molecule has 0 amide bonds. The number of benzene rings is 1. The molecule has 0 saturated carbocycles. The molecule has 0 aliphatic rings. The summed E-state index contributed by atoms with van der Waals surface area (Å²) < 4.78 is 0. The molecule has 2 nitrogen and oxygen atoms in total. The van der Waals surface area contributed by atoms with Crippen molar-refractivity contribution >= 4 is 5.78 Å². The van der Waals surface area contributed by atoms with Gasteiger partial charge in [-0.05, 0) is 27.7 Å². The minimum absolute atomic E-state index is 0.0156. The van der Waals surface area contributed by atoms with Crippen LogP contribution in [0.4, 0.5) is 0 Å². The summed E-state index contributed by atoms with van der Waals surface area (Å²) in [5, 5.41) is 3.19. The van der Waals surface area contributed by atoms with Gasteiger partial charge in [0, 0.05) is 22.9 Å². The molecule has 1 rings (SSSR count). The second-order valence-corrected chi connectivity index (χ2v) is 4.92. The first-order chi connectivity index (χ1) is 7.40. The van der Waals surface area contributed by atoms with Gasteiger partial charge >= 0.3 is 0 Å². The third kappa shape index (κ3) is 3.89. The summed E-state index contributed by atoms with van der Waals surface area (Å²) in [6.07, 6.45) is 1.79. The zero-order chi connectivity index (χ0) is 12.2. The molecular formula is C14H19NO. The van der Waals surface area contributed by atoms with E-state index >= 15 is 0 Å². The number of hydrogen-bond acceptors (Lipinski definition) is 2. The Balaban J connectivity index is 2.76. The van der Waals surface area contributed by atoms with E-state index in [0.717, 1.165) is 11.1 Å². The predicted molar refractivity (Wildman–Crippen MR) is 67.4 cm³/mol. The largest absolute Gasteiger partial charge is 0.386 e. The molecule has 0 fully saturated rings. The fourth-order valence-electron chi connectivity index (χ4n) is 1.21. The van der Waals surface area contributed by atoms with Crippen LogP contribution in [0.1, 0.15) is 38.1 Å². The van der Waals surface area contributed by atoms with E-state index in [1.807, 2.05) is 37.3 Å². The van der Waals surface area contributed by atoms with Crippen LogP contribution in [0, 0.1) is 0 Å². The third-order valence-corrected chi connectivity index (χ3v) is 2.12. The van der Waals surface area contributed by atoms with Gasteiger partial charge in [-0.15, -0.1) is 0 Å². The molecule has 2 heteroatoms. The average molecular weight is 217 g/mol. The van der Waals surface area contributed by atoms with E-state index in [-0.39, 0.29) is 11.3 Å². The van der Waals surface area contributed by atoms with E-state index in [2.05, 4.69) is 26.1 Å². The Kier molecular flexibility index (Phi) is 3.88. The van der Waals surface area contributed by atoms with Gasteiger partial charge in [-0.25, -0.2) is 0 Å². The minimum Gasteiger partial charge on any atom is -0.386 e. The Morgan fingerprint density at radius 2 is 1.75 bits per heavy atom. The van der Waals surface area contributed by atoms with Crippen molar-refractivity contribution < 1.29 is 4.79 Å². The van der Waals surface area contributed by atoms with Gasteiger partial charge in [0.2, 0.25) is 0 Å². The molecular weight excluding hydrogens is 198 g/mol. The van der Waals surface area contributed by atoms with Crippen LogP contribution in [-0.4, -0.2) is 11.3 Å². The summed E-state index contributed by atoms with van der Waals surface area (Å²) in [4.78, 5) is 12.0. The Bertz CT molecular complexity index is 385. The highest BCUT2D eigenvalue weighted by Crippen LogP contribution is 2.08. The van der Waals surface area contributed by atoms with Crippen LogP contribution in [0.2, 0.25) is 0 Å². The summed E-state index contributed by atoms with van der Waals surface area (Å²) in [5.74, 6) is 0.0670. The highest BCUT2D eigenvalue weighted by atomic mass is 16.1. The van der Waals surface area contributed by atoms with Crippen LogP contribution in [0.15, 0.2) is 42.1 Å². The second kappa shape index (κ2) is 4.97. The lowest BCUT2D eigenvalue weighted by Gasteiger charge is -2.19. The maximum absolute atomic E-state index is 12.0. The van der Waals surface area contributed by atoms with Crippen molar-refractivity contribution in [3.05, 3.63) is 47.7 Å². The van der Waals surface area contributed by atoms with Gasteiger partial charge in [0.1, 0.15) is 0 Å². The third-order valence-electron chi connectivity index (χ3n) is 2.12. The molecule has 0 spiro atoms. The van der Waals surface area contributed by atoms with Gasteiger partial charge in [-0.3, -0.25) is 4.79 Å². The van der Waals surface area contributed by atoms with Gasteiger partial charge in [0.05, 0.1) is 0 Å². The van der Waals surface area contributed by atoms with Gasteiger partial charge in [0.15, 0.2) is 5.78 Å². The van der Waals surface area contributed by atoms with Crippen LogP contribution >= 0.6 is 0 Å². The van der Waals surface area contributed by atoms with Crippen LogP contribution < -0.4 is 5.32 Å². The van der Waals surface area contributed by atoms with Crippen molar-refractivity contribution in [2.45, 2.75) is 33.2 Å². The van der Waals surface area contributed by atoms with Crippen molar-refractivity contribution in [1.29, 1.82) is 0 Å². The van der Waals surface area contributed by atoms with E-state index < -0.39 is 0 Å². The van der Waals surface area contributed by atoms with Gasteiger partial charge in [0.25, 0.3) is 0 Å². The molecule has 0 radical (unpaired) electrons. The first-order valence-corrected chi connectivity index (χ1v) is 5.44. The number of hydrogen-bond donors (Lipinski definition) is 1. The van der Waals surface area contributed by atoms with Crippen molar-refractivity contribution in [1.82, 2.24) is 5.32 Å². The number of allylic oxidation sites excluding steroid dienone is 1. The van der Waals surface area contributed by atoms with Crippen molar-refractivity contribution in [3.8, 4) is 0 Å². The number of carbonyl (C=O) groups is 1. The smallest absolute Gasteiger partial charge is 0.190 e. The maximum atomic E-state index is 12.0. The van der Waals surface area contributed by atoms with E-state index in [1.54, 1.807) is 6.20 Å². The number of ketones is 1. The lowest BCUT2D eigenvalue weighted by molar-refractivity contribution is 0.103. The summed E-state index contributed by atoms with van der Waals surface area (Å²) in [5.41, 5.74) is 1.44. The van der Waals surface area contributed by atoms with E-state index in [0.29, 0.717) is 0 Å². The number of Topliss-reactive ketones (excluding diaryl/α,β-unsaturated/α-hetero) is 1. The first-order valence-electron chi connectivity index (χ1n) is 5.44. The molecule has 0 atom stereocenters. The highest BCUT2D eigenvalue weighted by Gasteiger charge is 2.10. The fraction of sp³-hybridized carbons (Fsp3) is 0.357. The van der Waals surface area contributed by atoms with E-state index in [9.17, 15) is 4.79 Å². The molecule has 86 valence electrons. The summed E-state index contributed by atoms with van der Waals surface area (Å²) in [6.45, 7) is 8.01. The minimum atomic E-state index is -0.0156. The van der Waals surface area contributed by atoms with Crippen LogP contribution in [0.25, 0.3) is 0 Å². The normalized spacial score (nSPS) is 12.4. The lowest BCUT2D eigenvalue weighted by Crippen LogP contribution is -2.31. The molecule has 0 aliphatic carbocycles. The van der Waals surface area contributed by atoms with Crippen LogP contribution in [-0.2, 0) is 0 Å². The predicted octanol–water partition coefficient (Wildman–Crippen LogP) is 3.16. The van der Waals surface area contributed by atoms with Crippen LogP contribution in [0.3, 0.4) is 0 Å². The Morgan fingerprint density at radius 1 is 1.19 bits per heavy atom. The molecule has 0 saturated heterocycles. The number of carbonyl (C=O) groups excluding carboxylic acids is 1. The molecule has 0 aliphatic heterocycles. The van der Waals surface area contributed by atoms with Gasteiger partial charge < -0.3 is 5.32 Å². The Hall–Kier alpha value is -1.57. The second-order valence-electron chi connectivity index (χ2n) is 4.92. The maximum Gasteiger partial charge on any atom is 0.190 e. The highest BCUT2D eigenvalue weighted by molar-refractivity contribution is 6.08. The van der Waals surface area contributed by atoms with Gasteiger partial charge in [-0.2, -0.15) is 0 Å². The molecule has 0 aromatic heterocycles. The molecule has 1 N–H and O–H groups in total. The van der Waals surface area contributed by atoms with E-state index in [4.69, 9.17) is 0 Å². The molecule has 1 aromatic carbocycles. The zero-order valence-electron chi connectivity index (χ0n) is 10.4. The van der Waals surface area contributed by atoms with E-state index in [1.165, 1.54) is 0 Å². The van der Waals surface area contributed by atoms with Gasteiger partial charge in [-0.1, -0.05) is 30.3 Å². The first kappa shape index (κ1) is 12.5. The SMILES string of the molecule is C/C(=C\NC(C)(C)C)C(=O)c1ccccc1. The zero-order valence-corrected chi connectivity index (χ0v) is 10.4. The lowest BCUT2D eigenvalue weighted by atomic mass is 10.0. The molecule has 1 aromatic rings. The Labute approximate surface area is 97.4 Å². The summed E-state index contributed by atoms with van der Waals surface area (Å²) in [6, 6.07) is 9.31. The Morgan fingerprint density at radius 3 is 2.25 bits per heavy atom. The standard InChI is InChI=1S/C14H19NO/c1-11(10-15-14(2,3)4)13(16)12-8-6-5-7-9-12/h5-10,15H,1-4H3/b11-10+. The quantitative estimate of drug-likeness (QED) is 0.622. The van der Waals surface area contributed by atoms with Crippen molar-refractivity contribution in [2.75, 3.05) is 0 Å². The monoisotopic (exact) mass is 217 g/mol. The van der Waals surface area contributed by atoms with Crippen molar-refractivity contribution in [3.63, 3.8) is 0 Å². The topological polar surface area (TPSA) is 29.1 Å². The molecule has 0 unspecified atom stereocenters. The molecule has 0 bridgehead atoms. The molecule has 0 heterocycles. The molecule has 16 heavy (non-hydrogen) atoms. The average Bonchev–Trinajstić information content (AvgIpc) is 2.25. The number of nitrogens with one attached hydrogen (secondary N) is 1. The fourth-order valence-corrected chi connectivity index (χ4v) is 1.21. The summed E-state index contributed by atoms with van der Waals surface area (Å²) in [7, 11) is 0. The number of rotatable bonds is 3.